The fourth-order valence-corrected chi connectivity index (χ4v) is 3.42. The predicted octanol–water partition coefficient (Wildman–Crippen LogP) is 3.80. The normalized spacial score (nSPS) is 11.3. The van der Waals surface area contributed by atoms with Crippen molar-refractivity contribution in [2.24, 2.45) is 0 Å². The van der Waals surface area contributed by atoms with Gasteiger partial charge in [-0.15, -0.1) is 0 Å². The molecule has 0 spiro atoms. The maximum absolute atomic E-state index is 11.5. The fourth-order valence-electron chi connectivity index (χ4n) is 1.60. The number of nitro groups is 1. The first-order valence-corrected chi connectivity index (χ1v) is 8.78. The molecule has 0 aliphatic heterocycles. The quantitative estimate of drug-likeness (QED) is 0.623. The zero-order valence-corrected chi connectivity index (χ0v) is 13.2. The van der Waals surface area contributed by atoms with Crippen LogP contribution in [-0.2, 0) is 9.84 Å². The van der Waals surface area contributed by atoms with Gasteiger partial charge in [-0.05, 0) is 24.3 Å². The van der Waals surface area contributed by atoms with Crippen molar-refractivity contribution >= 4 is 38.9 Å². The molecule has 8 heteroatoms. The first kappa shape index (κ1) is 15.8. The van der Waals surface area contributed by atoms with Crippen LogP contribution in [0.15, 0.2) is 57.2 Å². The molecule has 0 fully saturated rings. The molecule has 0 amide bonds. The van der Waals surface area contributed by atoms with Crippen LogP contribution < -0.4 is 0 Å². The fraction of sp³-hybridized carbons (Fsp3) is 0.0769. The number of hydrogen-bond acceptors (Lipinski definition) is 5. The summed E-state index contributed by atoms with van der Waals surface area (Å²) >= 11 is 7.14. The summed E-state index contributed by atoms with van der Waals surface area (Å²) in [5, 5.41) is 11.6. The molecule has 2 aromatic rings. The lowest BCUT2D eigenvalue weighted by Gasteiger charge is -2.06. The van der Waals surface area contributed by atoms with Gasteiger partial charge in [0.05, 0.1) is 19.7 Å². The van der Waals surface area contributed by atoms with Gasteiger partial charge in [0.2, 0.25) is 0 Å². The lowest BCUT2D eigenvalue weighted by atomic mass is 10.3. The van der Waals surface area contributed by atoms with E-state index in [9.17, 15) is 18.5 Å². The van der Waals surface area contributed by atoms with Crippen molar-refractivity contribution in [2.75, 3.05) is 6.26 Å². The second-order valence-corrected chi connectivity index (χ2v) is 7.70. The van der Waals surface area contributed by atoms with Crippen LogP contribution in [0.25, 0.3) is 0 Å². The Kier molecular flexibility index (Phi) is 4.55. The molecule has 0 aliphatic rings. The van der Waals surface area contributed by atoms with Gasteiger partial charge in [0.15, 0.2) is 9.84 Å². The highest BCUT2D eigenvalue weighted by Gasteiger charge is 2.20. The molecule has 0 saturated heterocycles. The summed E-state index contributed by atoms with van der Waals surface area (Å²) in [6, 6.07) is 10.8. The summed E-state index contributed by atoms with van der Waals surface area (Å²) in [6.07, 6.45) is 1.01. The van der Waals surface area contributed by atoms with Gasteiger partial charge in [-0.1, -0.05) is 35.5 Å². The lowest BCUT2D eigenvalue weighted by molar-refractivity contribution is -0.388. The standard InChI is InChI=1S/C13H10ClNO4S2/c1-21(18,19)9-6-7-13(11(8-9)15(16)17)20-12-5-3-2-4-10(12)14/h2-8H,1H3. The number of benzene rings is 2. The average Bonchev–Trinajstić information content (AvgIpc) is 2.40. The monoisotopic (exact) mass is 343 g/mol. The van der Waals surface area contributed by atoms with Gasteiger partial charge in [-0.25, -0.2) is 8.42 Å². The molecule has 0 heterocycles. The van der Waals surface area contributed by atoms with Gasteiger partial charge in [0.25, 0.3) is 5.69 Å². The van der Waals surface area contributed by atoms with E-state index < -0.39 is 14.8 Å². The number of sulfone groups is 1. The molecule has 2 aromatic carbocycles. The number of nitro benzene ring substituents is 1. The Morgan fingerprint density at radius 1 is 1.14 bits per heavy atom. The third kappa shape index (κ3) is 3.75. The minimum absolute atomic E-state index is 0.0855. The largest absolute Gasteiger partial charge is 0.284 e. The molecule has 0 aliphatic carbocycles. The molecule has 0 aromatic heterocycles. The van der Waals surface area contributed by atoms with Crippen molar-refractivity contribution in [2.45, 2.75) is 14.7 Å². The topological polar surface area (TPSA) is 77.3 Å². The summed E-state index contributed by atoms with van der Waals surface area (Å²) in [6.45, 7) is 0. The van der Waals surface area contributed by atoms with E-state index in [-0.39, 0.29) is 10.6 Å². The van der Waals surface area contributed by atoms with E-state index >= 15 is 0 Å². The lowest BCUT2D eigenvalue weighted by Crippen LogP contribution is -1.99. The highest BCUT2D eigenvalue weighted by molar-refractivity contribution is 7.99. The van der Waals surface area contributed by atoms with Crippen LogP contribution in [0.2, 0.25) is 5.02 Å². The first-order chi connectivity index (χ1) is 9.79. The smallest absolute Gasteiger partial charge is 0.258 e. The van der Waals surface area contributed by atoms with E-state index in [0.717, 1.165) is 24.1 Å². The Labute approximate surface area is 131 Å². The minimum Gasteiger partial charge on any atom is -0.258 e. The Morgan fingerprint density at radius 3 is 2.38 bits per heavy atom. The summed E-state index contributed by atoms with van der Waals surface area (Å²) in [5.41, 5.74) is -0.261. The van der Waals surface area contributed by atoms with Crippen molar-refractivity contribution in [3.8, 4) is 0 Å². The van der Waals surface area contributed by atoms with Crippen LogP contribution in [0.3, 0.4) is 0 Å². The van der Waals surface area contributed by atoms with Gasteiger partial charge in [-0.2, -0.15) is 0 Å². The SMILES string of the molecule is CS(=O)(=O)c1ccc(Sc2ccccc2Cl)c([N+](=O)[O-])c1. The number of hydrogen-bond donors (Lipinski definition) is 0. The summed E-state index contributed by atoms with van der Waals surface area (Å²) in [7, 11) is -3.50. The molecular weight excluding hydrogens is 334 g/mol. The van der Waals surface area contributed by atoms with Gasteiger partial charge in [0, 0.05) is 17.2 Å². The zero-order chi connectivity index (χ0) is 15.6. The van der Waals surface area contributed by atoms with Crippen molar-refractivity contribution < 1.29 is 13.3 Å². The summed E-state index contributed by atoms with van der Waals surface area (Å²) in [5.74, 6) is 0. The first-order valence-electron chi connectivity index (χ1n) is 5.70. The minimum atomic E-state index is -3.50. The third-order valence-corrected chi connectivity index (χ3v) is 5.30. The van der Waals surface area contributed by atoms with E-state index in [1.807, 2.05) is 0 Å². The molecule has 0 N–H and O–H groups in total. The highest BCUT2D eigenvalue weighted by atomic mass is 35.5. The van der Waals surface area contributed by atoms with Crippen LogP contribution in [0.1, 0.15) is 0 Å². The molecule has 21 heavy (non-hydrogen) atoms. The maximum Gasteiger partial charge on any atom is 0.284 e. The van der Waals surface area contributed by atoms with Gasteiger partial charge < -0.3 is 0 Å². The molecule has 110 valence electrons. The van der Waals surface area contributed by atoms with E-state index in [1.54, 1.807) is 24.3 Å². The number of halogens is 1. The van der Waals surface area contributed by atoms with Crippen LogP contribution in [0.4, 0.5) is 5.69 Å². The van der Waals surface area contributed by atoms with Crippen LogP contribution in [-0.4, -0.2) is 19.6 Å². The summed E-state index contributed by atoms with van der Waals surface area (Å²) in [4.78, 5) is 11.4. The highest BCUT2D eigenvalue weighted by Crippen LogP contribution is 2.38. The van der Waals surface area contributed by atoms with E-state index in [4.69, 9.17) is 11.6 Å². The van der Waals surface area contributed by atoms with Crippen molar-refractivity contribution in [3.63, 3.8) is 0 Å². The van der Waals surface area contributed by atoms with E-state index in [1.165, 1.54) is 12.1 Å². The molecule has 0 bridgehead atoms. The Bertz CT molecular complexity index is 806. The molecule has 0 atom stereocenters. The van der Waals surface area contributed by atoms with Crippen LogP contribution >= 0.6 is 23.4 Å². The second-order valence-electron chi connectivity index (χ2n) is 4.19. The molecule has 2 rings (SSSR count). The molecular formula is C13H10ClNO4S2. The zero-order valence-electron chi connectivity index (χ0n) is 10.8. The van der Waals surface area contributed by atoms with E-state index in [2.05, 4.69) is 0 Å². The van der Waals surface area contributed by atoms with Gasteiger partial charge in [-0.3, -0.25) is 10.1 Å². The van der Waals surface area contributed by atoms with Gasteiger partial charge >= 0.3 is 0 Å². The number of nitrogens with zero attached hydrogens (tertiary/aromatic N) is 1. The Morgan fingerprint density at radius 2 is 1.81 bits per heavy atom. The molecule has 0 unspecified atom stereocenters. The van der Waals surface area contributed by atoms with Crippen molar-refractivity contribution in [1.29, 1.82) is 0 Å². The van der Waals surface area contributed by atoms with Crippen LogP contribution in [0.5, 0.6) is 0 Å². The third-order valence-electron chi connectivity index (χ3n) is 2.61. The maximum atomic E-state index is 11.5. The predicted molar refractivity (Wildman–Crippen MR) is 81.8 cm³/mol. The molecule has 5 nitrogen and oxygen atoms in total. The van der Waals surface area contributed by atoms with E-state index in [0.29, 0.717) is 14.8 Å². The Hall–Kier alpha value is -1.57. The molecule has 0 radical (unpaired) electrons. The number of rotatable bonds is 4. The van der Waals surface area contributed by atoms with Crippen LogP contribution in [0, 0.1) is 10.1 Å². The average molecular weight is 344 g/mol. The second kappa shape index (κ2) is 6.05. The summed E-state index contributed by atoms with van der Waals surface area (Å²) < 4.78 is 23.0. The van der Waals surface area contributed by atoms with Crippen molar-refractivity contribution in [3.05, 3.63) is 57.6 Å². The van der Waals surface area contributed by atoms with Crippen molar-refractivity contribution in [1.82, 2.24) is 0 Å². The van der Waals surface area contributed by atoms with Gasteiger partial charge in [0.1, 0.15) is 0 Å². The molecule has 0 saturated carbocycles. The Balaban J connectivity index is 2.50.